The molecule has 0 saturated carbocycles. The fourth-order valence-electron chi connectivity index (χ4n) is 1.05. The standard InChI is InChI=1S/C9H11F2NOS/c1-12(2-3-13)6-4-7(10)9(14)8(11)5-6/h4-5,13-14H,2-3H2,1H3. The Labute approximate surface area is 86.6 Å². The Balaban J connectivity index is 3.00. The molecule has 5 heteroatoms. The van der Waals surface area contributed by atoms with Crippen molar-refractivity contribution in [3.05, 3.63) is 23.8 Å². The van der Waals surface area contributed by atoms with Gasteiger partial charge in [-0.25, -0.2) is 8.78 Å². The number of hydrogen-bond donors (Lipinski definition) is 2. The van der Waals surface area contributed by atoms with Gasteiger partial charge in [-0.15, -0.1) is 12.6 Å². The SMILES string of the molecule is CN(CCO)c1cc(F)c(S)c(F)c1. The first-order chi connectivity index (χ1) is 6.56. The quantitative estimate of drug-likeness (QED) is 0.756. The highest BCUT2D eigenvalue weighted by atomic mass is 32.1. The Morgan fingerprint density at radius 1 is 1.36 bits per heavy atom. The summed E-state index contributed by atoms with van der Waals surface area (Å²) in [6.07, 6.45) is 0. The summed E-state index contributed by atoms with van der Waals surface area (Å²) < 4.78 is 26.1. The Morgan fingerprint density at radius 3 is 2.29 bits per heavy atom. The molecule has 0 amide bonds. The third-order valence-electron chi connectivity index (χ3n) is 1.88. The summed E-state index contributed by atoms with van der Waals surface area (Å²) in [5.41, 5.74) is 0.381. The molecule has 0 bridgehead atoms. The van der Waals surface area contributed by atoms with E-state index in [1.54, 1.807) is 11.9 Å². The monoisotopic (exact) mass is 219 g/mol. The number of likely N-dealkylation sites (N-methyl/N-ethyl adjacent to an activating group) is 1. The molecule has 1 aromatic carbocycles. The fourth-order valence-corrected chi connectivity index (χ4v) is 1.18. The average molecular weight is 219 g/mol. The Morgan fingerprint density at radius 2 is 1.86 bits per heavy atom. The van der Waals surface area contributed by atoms with Crippen LogP contribution in [0.25, 0.3) is 0 Å². The van der Waals surface area contributed by atoms with Crippen molar-refractivity contribution in [3.63, 3.8) is 0 Å². The van der Waals surface area contributed by atoms with Crippen LogP contribution in [0, 0.1) is 11.6 Å². The van der Waals surface area contributed by atoms with Crippen LogP contribution >= 0.6 is 12.6 Å². The Bertz CT molecular complexity index is 310. The second-order valence-electron chi connectivity index (χ2n) is 2.90. The lowest BCUT2D eigenvalue weighted by Crippen LogP contribution is -2.21. The number of anilines is 1. The van der Waals surface area contributed by atoms with Crippen LogP contribution in [-0.4, -0.2) is 25.3 Å². The number of rotatable bonds is 3. The van der Waals surface area contributed by atoms with Crippen LogP contribution in [0.5, 0.6) is 0 Å². The van der Waals surface area contributed by atoms with Crippen LogP contribution in [0.3, 0.4) is 0 Å². The van der Waals surface area contributed by atoms with E-state index in [0.29, 0.717) is 12.2 Å². The van der Waals surface area contributed by atoms with Gasteiger partial charge in [0, 0.05) is 19.3 Å². The predicted octanol–water partition coefficient (Wildman–Crippen LogP) is 1.68. The minimum Gasteiger partial charge on any atom is -0.395 e. The molecule has 0 saturated heterocycles. The maximum Gasteiger partial charge on any atom is 0.141 e. The van der Waals surface area contributed by atoms with E-state index < -0.39 is 11.6 Å². The molecule has 1 N–H and O–H groups in total. The lowest BCUT2D eigenvalue weighted by molar-refractivity contribution is 0.304. The highest BCUT2D eigenvalue weighted by Gasteiger charge is 2.09. The third-order valence-corrected chi connectivity index (χ3v) is 2.31. The topological polar surface area (TPSA) is 23.5 Å². The minimum atomic E-state index is -0.701. The molecule has 0 aromatic heterocycles. The molecule has 0 fully saturated rings. The van der Waals surface area contributed by atoms with Gasteiger partial charge in [0.15, 0.2) is 0 Å². The molecule has 1 rings (SSSR count). The van der Waals surface area contributed by atoms with Crippen LogP contribution in [0.15, 0.2) is 17.0 Å². The average Bonchev–Trinajstić information content (AvgIpc) is 2.13. The minimum absolute atomic E-state index is 0.0671. The number of aliphatic hydroxyl groups excluding tert-OH is 1. The summed E-state index contributed by atoms with van der Waals surface area (Å²) in [6, 6.07) is 2.36. The molecule has 14 heavy (non-hydrogen) atoms. The van der Waals surface area contributed by atoms with E-state index in [1.165, 1.54) is 12.1 Å². The van der Waals surface area contributed by atoms with Gasteiger partial charge in [0.1, 0.15) is 11.6 Å². The smallest absolute Gasteiger partial charge is 0.141 e. The van der Waals surface area contributed by atoms with Gasteiger partial charge in [-0.05, 0) is 12.1 Å². The number of hydrogen-bond acceptors (Lipinski definition) is 3. The molecule has 0 heterocycles. The number of nitrogens with zero attached hydrogens (tertiary/aromatic N) is 1. The molecule has 78 valence electrons. The molecule has 0 atom stereocenters. The van der Waals surface area contributed by atoms with Gasteiger partial charge >= 0.3 is 0 Å². The molecule has 0 unspecified atom stereocenters. The van der Waals surface area contributed by atoms with Crippen LogP contribution in [-0.2, 0) is 0 Å². The summed E-state index contributed by atoms with van der Waals surface area (Å²) in [7, 11) is 1.64. The molecule has 2 nitrogen and oxygen atoms in total. The van der Waals surface area contributed by atoms with E-state index in [-0.39, 0.29) is 11.5 Å². The van der Waals surface area contributed by atoms with Crippen molar-refractivity contribution in [2.45, 2.75) is 4.90 Å². The van der Waals surface area contributed by atoms with E-state index in [9.17, 15) is 8.78 Å². The maximum atomic E-state index is 13.0. The van der Waals surface area contributed by atoms with Crippen molar-refractivity contribution in [2.24, 2.45) is 0 Å². The molecule has 0 spiro atoms. The Kier molecular flexibility index (Phi) is 3.71. The van der Waals surface area contributed by atoms with Crippen molar-refractivity contribution in [1.82, 2.24) is 0 Å². The highest BCUT2D eigenvalue weighted by Crippen LogP contribution is 2.23. The zero-order valence-corrected chi connectivity index (χ0v) is 8.56. The van der Waals surface area contributed by atoms with Gasteiger partial charge in [-0.2, -0.15) is 0 Å². The van der Waals surface area contributed by atoms with Crippen molar-refractivity contribution in [3.8, 4) is 0 Å². The van der Waals surface area contributed by atoms with Crippen molar-refractivity contribution in [2.75, 3.05) is 25.1 Å². The summed E-state index contributed by atoms with van der Waals surface area (Å²) in [6.45, 7) is 0.257. The largest absolute Gasteiger partial charge is 0.395 e. The first-order valence-corrected chi connectivity index (χ1v) is 4.51. The van der Waals surface area contributed by atoms with Crippen LogP contribution in [0.4, 0.5) is 14.5 Å². The molecule has 0 aliphatic rings. The van der Waals surface area contributed by atoms with Crippen molar-refractivity contribution < 1.29 is 13.9 Å². The number of halogens is 2. The lowest BCUT2D eigenvalue weighted by Gasteiger charge is -2.18. The second-order valence-corrected chi connectivity index (χ2v) is 3.35. The first-order valence-electron chi connectivity index (χ1n) is 4.06. The van der Waals surface area contributed by atoms with Crippen LogP contribution < -0.4 is 4.90 Å². The highest BCUT2D eigenvalue weighted by molar-refractivity contribution is 7.80. The van der Waals surface area contributed by atoms with E-state index >= 15 is 0 Å². The summed E-state index contributed by atoms with van der Waals surface area (Å²) in [5, 5.41) is 8.65. The van der Waals surface area contributed by atoms with Gasteiger partial charge in [0.05, 0.1) is 11.5 Å². The molecule has 1 aromatic rings. The first kappa shape index (κ1) is 11.3. The van der Waals surface area contributed by atoms with Crippen LogP contribution in [0.1, 0.15) is 0 Å². The van der Waals surface area contributed by atoms with Crippen molar-refractivity contribution >= 4 is 18.3 Å². The summed E-state index contributed by atoms with van der Waals surface area (Å²) in [4.78, 5) is 1.27. The molecule has 0 aliphatic carbocycles. The summed E-state index contributed by atoms with van der Waals surface area (Å²) >= 11 is 3.66. The van der Waals surface area contributed by atoms with Crippen LogP contribution in [0.2, 0.25) is 0 Å². The van der Waals surface area contributed by atoms with Gasteiger partial charge in [-0.3, -0.25) is 0 Å². The van der Waals surface area contributed by atoms with E-state index in [1.807, 2.05) is 0 Å². The lowest BCUT2D eigenvalue weighted by atomic mass is 10.2. The molecular formula is C9H11F2NOS. The van der Waals surface area contributed by atoms with Crippen molar-refractivity contribution in [1.29, 1.82) is 0 Å². The van der Waals surface area contributed by atoms with Gasteiger partial charge in [-0.1, -0.05) is 0 Å². The maximum absolute atomic E-state index is 13.0. The molecule has 0 radical (unpaired) electrons. The van der Waals surface area contributed by atoms with E-state index in [2.05, 4.69) is 12.6 Å². The molecular weight excluding hydrogens is 208 g/mol. The Hall–Kier alpha value is -0.810. The van der Waals surface area contributed by atoms with Gasteiger partial charge < -0.3 is 10.0 Å². The predicted molar refractivity (Wildman–Crippen MR) is 54.0 cm³/mol. The number of benzene rings is 1. The number of aliphatic hydroxyl groups is 1. The molecule has 0 aliphatic heterocycles. The fraction of sp³-hybridized carbons (Fsp3) is 0.333. The van der Waals surface area contributed by atoms with E-state index in [4.69, 9.17) is 5.11 Å². The zero-order valence-electron chi connectivity index (χ0n) is 7.67. The van der Waals surface area contributed by atoms with E-state index in [0.717, 1.165) is 0 Å². The van der Waals surface area contributed by atoms with Gasteiger partial charge in [0.25, 0.3) is 0 Å². The number of thiol groups is 1. The zero-order chi connectivity index (χ0) is 10.7. The second kappa shape index (κ2) is 4.61. The third kappa shape index (κ3) is 2.36. The van der Waals surface area contributed by atoms with Gasteiger partial charge in [0.2, 0.25) is 0 Å². The normalized spacial score (nSPS) is 10.4. The summed E-state index contributed by atoms with van der Waals surface area (Å²) in [5.74, 6) is -1.40.